The van der Waals surface area contributed by atoms with Gasteiger partial charge in [0.2, 0.25) is 11.7 Å². The first-order valence-corrected chi connectivity index (χ1v) is 10.1. The maximum Gasteiger partial charge on any atom is 0.289 e. The molecule has 0 radical (unpaired) electrons. The van der Waals surface area contributed by atoms with E-state index in [-0.39, 0.29) is 23.8 Å². The number of amides is 2. The van der Waals surface area contributed by atoms with Crippen molar-refractivity contribution in [3.05, 3.63) is 11.6 Å². The monoisotopic (exact) mass is 372 g/mol. The summed E-state index contributed by atoms with van der Waals surface area (Å²) in [6.45, 7) is 5.32. The molecule has 2 aliphatic carbocycles. The average molecular weight is 372 g/mol. The van der Waals surface area contributed by atoms with Crippen molar-refractivity contribution < 1.29 is 14.3 Å². The van der Waals surface area contributed by atoms with Gasteiger partial charge in [0, 0.05) is 44.7 Å². The smallest absolute Gasteiger partial charge is 0.289 e. The van der Waals surface area contributed by atoms with Crippen LogP contribution in [0.3, 0.4) is 0 Å². The van der Waals surface area contributed by atoms with Crippen molar-refractivity contribution in [3.8, 4) is 0 Å². The predicted octanol–water partition coefficient (Wildman–Crippen LogP) is -0.738. The summed E-state index contributed by atoms with van der Waals surface area (Å²) in [7, 11) is 0. The van der Waals surface area contributed by atoms with Crippen molar-refractivity contribution in [2.75, 3.05) is 39.4 Å². The van der Waals surface area contributed by atoms with E-state index in [1.165, 1.54) is 0 Å². The second-order valence-corrected chi connectivity index (χ2v) is 8.51. The van der Waals surface area contributed by atoms with Gasteiger partial charge in [-0.1, -0.05) is 0 Å². The second-order valence-electron chi connectivity index (χ2n) is 8.51. The number of carbonyl (C=O) groups is 2. The third kappa shape index (κ3) is 2.51. The van der Waals surface area contributed by atoms with Gasteiger partial charge < -0.3 is 19.5 Å². The molecule has 9 nitrogen and oxygen atoms in total. The van der Waals surface area contributed by atoms with Gasteiger partial charge in [-0.2, -0.15) is 0 Å². The standard InChI is InChI=1S/C18H24N6O3/c25-17(19-10-1-2-10)16-21-20-15-13-7-23(4-3-22(13)5-6-24(15)16)18(26)14-11-8-27-9-12(11)14/h10-14H,1-9H2,(H,19,25)/t11-,12+,13?,14?. The van der Waals surface area contributed by atoms with E-state index >= 15 is 0 Å². The van der Waals surface area contributed by atoms with Crippen molar-refractivity contribution in [3.63, 3.8) is 0 Å². The summed E-state index contributed by atoms with van der Waals surface area (Å²) in [5, 5.41) is 11.5. The van der Waals surface area contributed by atoms with Crippen LogP contribution in [0.25, 0.3) is 0 Å². The van der Waals surface area contributed by atoms with Crippen LogP contribution in [0.5, 0.6) is 0 Å². The Morgan fingerprint density at radius 2 is 1.81 bits per heavy atom. The molecular weight excluding hydrogens is 348 g/mol. The van der Waals surface area contributed by atoms with Crippen molar-refractivity contribution in [1.82, 2.24) is 29.9 Å². The molecule has 5 aliphatic rings. The topological polar surface area (TPSA) is 92.6 Å². The van der Waals surface area contributed by atoms with Crippen molar-refractivity contribution in [2.45, 2.75) is 31.5 Å². The Balaban J connectivity index is 1.20. The highest BCUT2D eigenvalue weighted by molar-refractivity contribution is 5.91. The second kappa shape index (κ2) is 5.75. The van der Waals surface area contributed by atoms with Crippen LogP contribution in [0.15, 0.2) is 0 Å². The number of ether oxygens (including phenoxy) is 1. The Morgan fingerprint density at radius 3 is 2.59 bits per heavy atom. The quantitative estimate of drug-likeness (QED) is 0.752. The first-order valence-electron chi connectivity index (χ1n) is 10.1. The first kappa shape index (κ1) is 16.0. The predicted molar refractivity (Wildman–Crippen MR) is 92.7 cm³/mol. The Kier molecular flexibility index (Phi) is 3.41. The zero-order valence-electron chi connectivity index (χ0n) is 15.2. The lowest BCUT2D eigenvalue weighted by atomic mass is 10.1. The SMILES string of the molecule is O=C(NC1CC1)c1nnc2n1CCN1CCN(C(=O)C3[C@H]4COC[C@@H]34)CC21. The van der Waals surface area contributed by atoms with E-state index in [9.17, 15) is 9.59 Å². The van der Waals surface area contributed by atoms with Crippen LogP contribution in [0.2, 0.25) is 0 Å². The largest absolute Gasteiger partial charge is 0.381 e. The van der Waals surface area contributed by atoms with Gasteiger partial charge in [-0.25, -0.2) is 0 Å². The number of rotatable bonds is 3. The molecular formula is C18H24N6O3. The number of hydrogen-bond donors (Lipinski definition) is 1. The minimum atomic E-state index is -0.126. The van der Waals surface area contributed by atoms with Crippen molar-refractivity contribution >= 4 is 11.8 Å². The fourth-order valence-corrected chi connectivity index (χ4v) is 5.01. The Bertz CT molecular complexity index is 795. The Hall–Kier alpha value is -2.00. The normalized spacial score (nSPS) is 34.6. The van der Waals surface area contributed by atoms with Crippen LogP contribution in [-0.4, -0.2) is 81.8 Å². The van der Waals surface area contributed by atoms with Gasteiger partial charge in [0.05, 0.1) is 19.3 Å². The van der Waals surface area contributed by atoms with Gasteiger partial charge >= 0.3 is 0 Å². The van der Waals surface area contributed by atoms with Gasteiger partial charge in [-0.15, -0.1) is 10.2 Å². The molecule has 2 amide bonds. The molecule has 2 saturated carbocycles. The number of aromatic nitrogens is 3. The van der Waals surface area contributed by atoms with Crippen molar-refractivity contribution in [2.24, 2.45) is 17.8 Å². The van der Waals surface area contributed by atoms with Crippen LogP contribution in [0.4, 0.5) is 0 Å². The summed E-state index contributed by atoms with van der Waals surface area (Å²) in [5.41, 5.74) is 0. The molecule has 27 heavy (non-hydrogen) atoms. The Morgan fingerprint density at radius 1 is 1.04 bits per heavy atom. The number of nitrogens with one attached hydrogen (secondary N) is 1. The van der Waals surface area contributed by atoms with E-state index in [1.807, 2.05) is 9.47 Å². The summed E-state index contributed by atoms with van der Waals surface area (Å²) in [4.78, 5) is 29.8. The number of hydrogen-bond acceptors (Lipinski definition) is 6. The third-order valence-electron chi connectivity index (χ3n) is 6.84. The van der Waals surface area contributed by atoms with E-state index in [1.54, 1.807) is 0 Å². The fraction of sp³-hybridized carbons (Fsp3) is 0.778. The highest BCUT2D eigenvalue weighted by Gasteiger charge is 2.59. The third-order valence-corrected chi connectivity index (χ3v) is 6.84. The lowest BCUT2D eigenvalue weighted by Gasteiger charge is -2.43. The molecule has 6 rings (SSSR count). The fourth-order valence-electron chi connectivity index (χ4n) is 5.01. The molecule has 0 bridgehead atoms. The van der Waals surface area contributed by atoms with Gasteiger partial charge in [0.15, 0.2) is 5.82 Å². The minimum absolute atomic E-state index is 0.0289. The number of fused-ring (bicyclic) bond motifs is 4. The van der Waals surface area contributed by atoms with Gasteiger partial charge in [-0.05, 0) is 24.7 Å². The average Bonchev–Trinajstić information content (AvgIpc) is 3.51. The highest BCUT2D eigenvalue weighted by Crippen LogP contribution is 2.51. The van der Waals surface area contributed by atoms with E-state index in [0.717, 1.165) is 58.1 Å². The number of carbonyl (C=O) groups excluding carboxylic acids is 2. The summed E-state index contributed by atoms with van der Waals surface area (Å²) in [5.74, 6) is 2.40. The van der Waals surface area contributed by atoms with Crippen LogP contribution < -0.4 is 5.32 Å². The summed E-state index contributed by atoms with van der Waals surface area (Å²) in [6.07, 6.45) is 2.10. The molecule has 4 fully saturated rings. The summed E-state index contributed by atoms with van der Waals surface area (Å²) >= 11 is 0. The van der Waals surface area contributed by atoms with Crippen LogP contribution in [-0.2, 0) is 16.1 Å². The summed E-state index contributed by atoms with van der Waals surface area (Å²) in [6, 6.07) is 0.330. The maximum absolute atomic E-state index is 12.9. The molecule has 9 heteroatoms. The molecule has 0 spiro atoms. The minimum Gasteiger partial charge on any atom is -0.381 e. The van der Waals surface area contributed by atoms with E-state index < -0.39 is 0 Å². The molecule has 2 unspecified atom stereocenters. The molecule has 4 atom stereocenters. The first-order chi connectivity index (χ1) is 13.2. The number of piperazine rings is 1. The van der Waals surface area contributed by atoms with Gasteiger partial charge in [0.1, 0.15) is 0 Å². The van der Waals surface area contributed by atoms with Crippen LogP contribution >= 0.6 is 0 Å². The van der Waals surface area contributed by atoms with Gasteiger partial charge in [-0.3, -0.25) is 14.5 Å². The Labute approximate surface area is 157 Å². The van der Waals surface area contributed by atoms with Crippen LogP contribution in [0, 0.1) is 17.8 Å². The van der Waals surface area contributed by atoms with E-state index in [0.29, 0.717) is 30.2 Å². The zero-order chi connectivity index (χ0) is 18.1. The maximum atomic E-state index is 12.9. The molecule has 144 valence electrons. The van der Waals surface area contributed by atoms with Crippen LogP contribution in [0.1, 0.15) is 35.3 Å². The van der Waals surface area contributed by atoms with Gasteiger partial charge in [0.25, 0.3) is 5.91 Å². The lowest BCUT2D eigenvalue weighted by molar-refractivity contribution is -0.137. The molecule has 2 saturated heterocycles. The molecule has 1 N–H and O–H groups in total. The number of nitrogens with zero attached hydrogens (tertiary/aromatic N) is 5. The van der Waals surface area contributed by atoms with E-state index in [2.05, 4.69) is 20.4 Å². The molecule has 3 aliphatic heterocycles. The lowest BCUT2D eigenvalue weighted by Crippen LogP contribution is -2.54. The zero-order valence-corrected chi connectivity index (χ0v) is 15.2. The van der Waals surface area contributed by atoms with E-state index in [4.69, 9.17) is 4.74 Å². The van der Waals surface area contributed by atoms with Crippen molar-refractivity contribution in [1.29, 1.82) is 0 Å². The molecule has 1 aromatic heterocycles. The highest BCUT2D eigenvalue weighted by atomic mass is 16.5. The molecule has 1 aromatic rings. The molecule has 4 heterocycles. The molecule has 0 aromatic carbocycles. The summed E-state index contributed by atoms with van der Waals surface area (Å²) < 4.78 is 7.38.